The van der Waals surface area contributed by atoms with Crippen molar-refractivity contribution in [2.45, 2.75) is 24.8 Å². The van der Waals surface area contributed by atoms with Gasteiger partial charge in [0, 0.05) is 11.4 Å². The molecule has 1 fully saturated rings. The monoisotopic (exact) mass is 369 g/mol. The third-order valence-electron chi connectivity index (χ3n) is 5.00. The molecule has 134 valence electrons. The maximum Gasteiger partial charge on any atom is 0.325 e. The van der Waals surface area contributed by atoms with Crippen LogP contribution in [0.25, 0.3) is 0 Å². The molecule has 4 rings (SSSR count). The van der Waals surface area contributed by atoms with E-state index >= 15 is 0 Å². The van der Waals surface area contributed by atoms with Crippen molar-refractivity contribution in [1.29, 1.82) is 0 Å². The van der Waals surface area contributed by atoms with E-state index in [9.17, 15) is 14.4 Å². The van der Waals surface area contributed by atoms with E-state index in [0.717, 1.165) is 28.9 Å². The topological polar surface area (TPSA) is 78.5 Å². The summed E-state index contributed by atoms with van der Waals surface area (Å²) in [4.78, 5) is 39.7. The van der Waals surface area contributed by atoms with E-state index in [1.807, 2.05) is 41.8 Å². The summed E-state index contributed by atoms with van der Waals surface area (Å²) in [6.07, 6.45) is 2.01. The van der Waals surface area contributed by atoms with Gasteiger partial charge in [0.05, 0.1) is 0 Å². The minimum absolute atomic E-state index is 0.251. The van der Waals surface area contributed by atoms with Gasteiger partial charge in [-0.25, -0.2) is 4.79 Å². The van der Waals surface area contributed by atoms with Crippen LogP contribution in [0.1, 0.15) is 22.4 Å². The number of imide groups is 1. The minimum Gasteiger partial charge on any atom is -0.354 e. The zero-order chi connectivity index (χ0) is 18.1. The highest BCUT2D eigenvalue weighted by molar-refractivity contribution is 7.09. The normalized spacial score (nSPS) is 21.2. The molecule has 2 N–H and O–H groups in total. The van der Waals surface area contributed by atoms with Crippen molar-refractivity contribution in [3.63, 3.8) is 0 Å². The fraction of sp³-hybridized carbons (Fsp3) is 0.316. The van der Waals surface area contributed by atoms with Gasteiger partial charge >= 0.3 is 6.03 Å². The van der Waals surface area contributed by atoms with Crippen LogP contribution >= 0.6 is 11.3 Å². The number of carbonyl (C=O) groups is 3. The third kappa shape index (κ3) is 2.78. The number of nitrogens with zero attached hydrogens (tertiary/aromatic N) is 1. The number of carbonyl (C=O) groups excluding carboxylic acids is 3. The Bertz CT molecular complexity index is 865. The van der Waals surface area contributed by atoms with E-state index in [1.54, 1.807) is 11.3 Å². The molecule has 1 aliphatic heterocycles. The van der Waals surface area contributed by atoms with Crippen LogP contribution in [0.5, 0.6) is 0 Å². The SMILES string of the molecule is O=C(CN1C(=O)NC2(CCc3ccccc32)C1=O)NCCc1cccs1. The predicted molar refractivity (Wildman–Crippen MR) is 97.7 cm³/mol. The molecule has 26 heavy (non-hydrogen) atoms. The molecule has 7 heteroatoms. The Morgan fingerprint density at radius 3 is 2.88 bits per heavy atom. The predicted octanol–water partition coefficient (Wildman–Crippen LogP) is 1.80. The van der Waals surface area contributed by atoms with Gasteiger partial charge in [-0.05, 0) is 41.8 Å². The second kappa shape index (κ2) is 6.57. The first-order valence-corrected chi connectivity index (χ1v) is 9.50. The van der Waals surface area contributed by atoms with E-state index < -0.39 is 11.6 Å². The summed E-state index contributed by atoms with van der Waals surface area (Å²) >= 11 is 1.63. The summed E-state index contributed by atoms with van der Waals surface area (Å²) in [5.74, 6) is -0.658. The molecule has 2 aliphatic rings. The van der Waals surface area contributed by atoms with Gasteiger partial charge in [-0.15, -0.1) is 11.3 Å². The van der Waals surface area contributed by atoms with Gasteiger partial charge in [0.1, 0.15) is 12.1 Å². The smallest absolute Gasteiger partial charge is 0.325 e. The van der Waals surface area contributed by atoms with Gasteiger partial charge in [0.15, 0.2) is 0 Å². The van der Waals surface area contributed by atoms with Crippen molar-refractivity contribution >= 4 is 29.2 Å². The van der Waals surface area contributed by atoms with Crippen LogP contribution in [0.15, 0.2) is 41.8 Å². The van der Waals surface area contributed by atoms with Gasteiger partial charge in [0.2, 0.25) is 5.91 Å². The van der Waals surface area contributed by atoms with Crippen molar-refractivity contribution in [3.8, 4) is 0 Å². The molecule has 0 bridgehead atoms. The van der Waals surface area contributed by atoms with Gasteiger partial charge in [0.25, 0.3) is 5.91 Å². The molecule has 4 amide bonds. The lowest BCUT2D eigenvalue weighted by molar-refractivity contribution is -0.135. The van der Waals surface area contributed by atoms with E-state index in [-0.39, 0.29) is 18.4 Å². The maximum atomic E-state index is 13.0. The number of hydrogen-bond acceptors (Lipinski definition) is 4. The van der Waals surface area contributed by atoms with Crippen LogP contribution in [-0.4, -0.2) is 35.8 Å². The summed E-state index contributed by atoms with van der Waals surface area (Å²) in [6.45, 7) is 0.232. The zero-order valence-corrected chi connectivity index (χ0v) is 15.0. The number of urea groups is 1. The van der Waals surface area contributed by atoms with Gasteiger partial charge in [-0.2, -0.15) is 0 Å². The highest BCUT2D eigenvalue weighted by Gasteiger charge is 2.55. The molecular weight excluding hydrogens is 350 g/mol. The van der Waals surface area contributed by atoms with Crippen LogP contribution in [0.3, 0.4) is 0 Å². The summed E-state index contributed by atoms with van der Waals surface area (Å²) in [5, 5.41) is 7.60. The van der Waals surface area contributed by atoms with E-state index in [1.165, 1.54) is 4.88 Å². The molecule has 0 saturated carbocycles. The Morgan fingerprint density at radius 1 is 1.23 bits per heavy atom. The standard InChI is InChI=1S/C19H19N3O3S/c23-16(20-10-8-14-5-3-11-26-14)12-22-17(24)19(21-18(22)25)9-7-13-4-1-2-6-15(13)19/h1-6,11H,7-10,12H2,(H,20,23)(H,21,25). The quantitative estimate of drug-likeness (QED) is 0.789. The number of thiophene rings is 1. The van der Waals surface area contributed by atoms with Crippen LogP contribution in [0.2, 0.25) is 0 Å². The number of nitrogens with one attached hydrogen (secondary N) is 2. The molecule has 1 unspecified atom stereocenters. The second-order valence-electron chi connectivity index (χ2n) is 6.56. The number of amides is 4. The van der Waals surface area contributed by atoms with Crippen LogP contribution < -0.4 is 10.6 Å². The van der Waals surface area contributed by atoms with E-state index in [4.69, 9.17) is 0 Å². The molecule has 2 heterocycles. The highest BCUT2D eigenvalue weighted by atomic mass is 32.1. The van der Waals surface area contributed by atoms with Gasteiger partial charge in [-0.1, -0.05) is 30.3 Å². The number of hydrogen-bond donors (Lipinski definition) is 2. The lowest BCUT2D eigenvalue weighted by Crippen LogP contribution is -2.44. The molecule has 6 nitrogen and oxygen atoms in total. The first-order valence-electron chi connectivity index (χ1n) is 8.62. The highest BCUT2D eigenvalue weighted by Crippen LogP contribution is 2.41. The minimum atomic E-state index is -1.01. The Morgan fingerprint density at radius 2 is 2.08 bits per heavy atom. The summed E-state index contributed by atoms with van der Waals surface area (Å²) < 4.78 is 0. The van der Waals surface area contributed by atoms with Crippen molar-refractivity contribution in [3.05, 3.63) is 57.8 Å². The maximum absolute atomic E-state index is 13.0. The summed E-state index contributed by atoms with van der Waals surface area (Å²) in [7, 11) is 0. The Kier molecular flexibility index (Phi) is 4.24. The van der Waals surface area contributed by atoms with E-state index in [0.29, 0.717) is 13.0 Å². The molecule has 0 radical (unpaired) electrons. The molecule has 1 aromatic carbocycles. The van der Waals surface area contributed by atoms with Crippen molar-refractivity contribution in [2.24, 2.45) is 0 Å². The largest absolute Gasteiger partial charge is 0.354 e. The van der Waals surface area contributed by atoms with Crippen LogP contribution in [0.4, 0.5) is 4.79 Å². The van der Waals surface area contributed by atoms with E-state index in [2.05, 4.69) is 10.6 Å². The van der Waals surface area contributed by atoms with Crippen molar-refractivity contribution in [2.75, 3.05) is 13.1 Å². The Labute approximate surface area is 155 Å². The lowest BCUT2D eigenvalue weighted by atomic mass is 9.92. The second-order valence-corrected chi connectivity index (χ2v) is 7.60. The number of fused-ring (bicyclic) bond motifs is 2. The van der Waals surface area contributed by atoms with Crippen LogP contribution in [0, 0.1) is 0 Å². The first kappa shape index (κ1) is 16.8. The van der Waals surface area contributed by atoms with Gasteiger partial charge in [-0.3, -0.25) is 14.5 Å². The van der Waals surface area contributed by atoms with Gasteiger partial charge < -0.3 is 10.6 Å². The number of aryl methyl sites for hydroxylation is 1. The average Bonchev–Trinajstić information content (AvgIpc) is 3.33. The van der Waals surface area contributed by atoms with Crippen molar-refractivity contribution in [1.82, 2.24) is 15.5 Å². The fourth-order valence-corrected chi connectivity index (χ4v) is 4.42. The fourth-order valence-electron chi connectivity index (χ4n) is 3.71. The molecular formula is C19H19N3O3S. The average molecular weight is 369 g/mol. The molecule has 1 saturated heterocycles. The molecule has 2 aromatic rings. The molecule has 1 spiro atoms. The zero-order valence-electron chi connectivity index (χ0n) is 14.2. The molecule has 1 atom stereocenters. The first-order chi connectivity index (χ1) is 12.6. The Balaban J connectivity index is 1.41. The van der Waals surface area contributed by atoms with Crippen molar-refractivity contribution < 1.29 is 14.4 Å². The number of benzene rings is 1. The third-order valence-corrected chi connectivity index (χ3v) is 5.93. The summed E-state index contributed by atoms with van der Waals surface area (Å²) in [5.41, 5.74) is 0.910. The Hall–Kier alpha value is -2.67. The van der Waals surface area contributed by atoms with Crippen LogP contribution in [-0.2, 0) is 28.0 Å². The molecule has 1 aliphatic carbocycles. The lowest BCUT2D eigenvalue weighted by Gasteiger charge is -2.22. The molecule has 1 aromatic heterocycles. The number of rotatable bonds is 5. The summed E-state index contributed by atoms with van der Waals surface area (Å²) in [6, 6.07) is 11.1.